The van der Waals surface area contributed by atoms with Crippen molar-refractivity contribution in [2.45, 2.75) is 22.9 Å². The van der Waals surface area contributed by atoms with Gasteiger partial charge in [0.25, 0.3) is 0 Å². The van der Waals surface area contributed by atoms with Gasteiger partial charge < -0.3 is 20.9 Å². The molecule has 0 bridgehead atoms. The Morgan fingerprint density at radius 2 is 1.07 bits per heavy atom. The summed E-state index contributed by atoms with van der Waals surface area (Å²) >= 11 is 3.24. The average molecular weight is 664 g/mol. The number of rotatable bonds is 10. The maximum absolute atomic E-state index is 12.3. The summed E-state index contributed by atoms with van der Waals surface area (Å²) in [6.45, 7) is 0.374. The van der Waals surface area contributed by atoms with Gasteiger partial charge in [-0.3, -0.25) is 0 Å². The number of nitrogens with one attached hydrogen (secondary N) is 2. The molecule has 4 rings (SSSR count). The predicted molar refractivity (Wildman–Crippen MR) is 163 cm³/mol. The maximum Gasteiger partial charge on any atom is 0.242 e. The third-order valence-electron chi connectivity index (χ3n) is 5.72. The van der Waals surface area contributed by atoms with Gasteiger partial charge in [-0.15, -0.1) is 0 Å². The highest BCUT2D eigenvalue weighted by Crippen LogP contribution is 2.23. The molecule has 0 heterocycles. The van der Waals surface area contributed by atoms with Crippen molar-refractivity contribution in [2.75, 3.05) is 25.7 Å². The van der Waals surface area contributed by atoms with Crippen LogP contribution in [0.15, 0.2) is 105 Å². The molecular formula is C28H31BrN4O6S2. The molecule has 0 aromatic heterocycles. The summed E-state index contributed by atoms with van der Waals surface area (Å²) in [5.74, 6) is 1.45. The molecule has 0 aliphatic heterocycles. The zero-order chi connectivity index (χ0) is 30.0. The van der Waals surface area contributed by atoms with Crippen LogP contribution in [0, 0.1) is 0 Å². The van der Waals surface area contributed by atoms with Crippen LogP contribution in [-0.4, -0.2) is 31.1 Å². The van der Waals surface area contributed by atoms with E-state index in [1.165, 1.54) is 12.1 Å². The summed E-state index contributed by atoms with van der Waals surface area (Å²) in [4.78, 5) is 0.152. The van der Waals surface area contributed by atoms with E-state index in [4.69, 9.17) is 20.9 Å². The highest BCUT2D eigenvalue weighted by atomic mass is 79.9. The van der Waals surface area contributed by atoms with Gasteiger partial charge in [-0.2, -0.15) is 0 Å². The standard InChI is InChI=1S/C14H15BrN2O3S.C14H16N2O3S/c1-20-12-5-2-10(3-6-12)9-17-21(18,19)14-8-11(15)4-7-13(14)16;1-19-12-8-6-11(7-9-12)10-16-20(17,18)14-5-3-2-4-13(14)15/h2-8,17H,9,16H2,1H3;2-9,16H,10,15H2,1H3. The number of hydrogen-bond donors (Lipinski definition) is 4. The number of para-hydroxylation sites is 1. The minimum atomic E-state index is -3.66. The number of methoxy groups -OCH3 is 2. The molecule has 13 heteroatoms. The third-order valence-corrected chi connectivity index (χ3v) is 9.15. The second-order valence-corrected chi connectivity index (χ2v) is 13.0. The van der Waals surface area contributed by atoms with Crippen LogP contribution in [0.25, 0.3) is 0 Å². The molecule has 10 nitrogen and oxygen atoms in total. The lowest BCUT2D eigenvalue weighted by Crippen LogP contribution is -2.24. The molecule has 0 fully saturated rings. The van der Waals surface area contributed by atoms with E-state index in [1.807, 2.05) is 0 Å². The summed E-state index contributed by atoms with van der Waals surface area (Å²) in [7, 11) is -4.12. The Kier molecular flexibility index (Phi) is 11.1. The van der Waals surface area contributed by atoms with Crippen LogP contribution in [0.5, 0.6) is 11.5 Å². The summed E-state index contributed by atoms with van der Waals surface area (Å²) in [6, 6.07) is 25.4. The number of halogens is 1. The molecule has 218 valence electrons. The van der Waals surface area contributed by atoms with E-state index >= 15 is 0 Å². The number of sulfonamides is 2. The monoisotopic (exact) mass is 662 g/mol. The molecular weight excluding hydrogens is 632 g/mol. The van der Waals surface area contributed by atoms with Crippen LogP contribution >= 0.6 is 15.9 Å². The second-order valence-electron chi connectivity index (χ2n) is 8.57. The van der Waals surface area contributed by atoms with Gasteiger partial charge in [0.1, 0.15) is 21.3 Å². The van der Waals surface area contributed by atoms with Gasteiger partial charge in [-0.1, -0.05) is 52.3 Å². The number of anilines is 2. The minimum absolute atomic E-state index is 0.0605. The Morgan fingerprint density at radius 3 is 1.54 bits per heavy atom. The van der Waals surface area contributed by atoms with Gasteiger partial charge in [-0.05, 0) is 65.7 Å². The van der Waals surface area contributed by atoms with E-state index in [0.717, 1.165) is 22.6 Å². The fourth-order valence-electron chi connectivity index (χ4n) is 3.47. The minimum Gasteiger partial charge on any atom is -0.497 e. The molecule has 0 radical (unpaired) electrons. The molecule has 0 saturated heterocycles. The normalized spacial score (nSPS) is 11.3. The van der Waals surface area contributed by atoms with Crippen LogP contribution in [0.4, 0.5) is 11.4 Å². The van der Waals surface area contributed by atoms with Gasteiger partial charge in [0.05, 0.1) is 25.6 Å². The Balaban J connectivity index is 0.000000226. The predicted octanol–water partition coefficient (Wildman–Crippen LogP) is 4.27. The molecule has 0 unspecified atom stereocenters. The molecule has 4 aromatic carbocycles. The third kappa shape index (κ3) is 9.20. The Morgan fingerprint density at radius 1 is 0.634 bits per heavy atom. The summed E-state index contributed by atoms with van der Waals surface area (Å²) in [5.41, 5.74) is 13.5. The summed E-state index contributed by atoms with van der Waals surface area (Å²) < 4.78 is 64.6. The quantitative estimate of drug-likeness (QED) is 0.183. The number of nitrogens with two attached hydrogens (primary N) is 2. The molecule has 0 aliphatic carbocycles. The first kappa shape index (κ1) is 31.9. The summed E-state index contributed by atoms with van der Waals surface area (Å²) in [6.07, 6.45) is 0. The zero-order valence-electron chi connectivity index (χ0n) is 22.4. The molecule has 0 atom stereocenters. The van der Waals surface area contributed by atoms with E-state index < -0.39 is 20.0 Å². The lowest BCUT2D eigenvalue weighted by atomic mass is 10.2. The first-order chi connectivity index (χ1) is 19.4. The number of hydrogen-bond acceptors (Lipinski definition) is 8. The molecule has 6 N–H and O–H groups in total. The van der Waals surface area contributed by atoms with Crippen molar-refractivity contribution in [1.82, 2.24) is 9.44 Å². The summed E-state index contributed by atoms with van der Waals surface area (Å²) in [5, 5.41) is 0. The topological polar surface area (TPSA) is 163 Å². The van der Waals surface area contributed by atoms with Gasteiger partial charge in [0.2, 0.25) is 20.0 Å². The number of benzene rings is 4. The van der Waals surface area contributed by atoms with Crippen LogP contribution in [0.3, 0.4) is 0 Å². The largest absolute Gasteiger partial charge is 0.497 e. The Hall–Kier alpha value is -3.62. The van der Waals surface area contributed by atoms with Crippen molar-refractivity contribution in [3.05, 3.63) is 107 Å². The highest BCUT2D eigenvalue weighted by molar-refractivity contribution is 9.10. The van der Waals surface area contributed by atoms with Crippen molar-refractivity contribution < 1.29 is 26.3 Å². The highest BCUT2D eigenvalue weighted by Gasteiger charge is 2.18. The Labute approximate surface area is 248 Å². The first-order valence-electron chi connectivity index (χ1n) is 12.1. The van der Waals surface area contributed by atoms with Crippen molar-refractivity contribution in [1.29, 1.82) is 0 Å². The van der Waals surface area contributed by atoms with E-state index in [0.29, 0.717) is 4.47 Å². The zero-order valence-corrected chi connectivity index (χ0v) is 25.6. The van der Waals surface area contributed by atoms with Gasteiger partial charge in [0.15, 0.2) is 0 Å². The number of ether oxygens (including phenoxy) is 2. The fourth-order valence-corrected chi connectivity index (χ4v) is 6.30. The molecule has 4 aromatic rings. The Bertz CT molecular complexity index is 1670. The SMILES string of the molecule is COc1ccc(CNS(=O)(=O)c2cc(Br)ccc2N)cc1.COc1ccc(CNS(=O)(=O)c2ccccc2N)cc1. The molecule has 0 amide bonds. The van der Waals surface area contributed by atoms with Gasteiger partial charge in [-0.25, -0.2) is 26.3 Å². The fraction of sp³-hybridized carbons (Fsp3) is 0.143. The van der Waals surface area contributed by atoms with E-state index in [-0.39, 0.29) is 34.3 Å². The van der Waals surface area contributed by atoms with Crippen LogP contribution < -0.4 is 30.4 Å². The lowest BCUT2D eigenvalue weighted by molar-refractivity contribution is 0.414. The maximum atomic E-state index is 12.3. The van der Waals surface area contributed by atoms with Crippen LogP contribution in [-0.2, 0) is 33.1 Å². The lowest BCUT2D eigenvalue weighted by Gasteiger charge is -2.10. The van der Waals surface area contributed by atoms with Gasteiger partial charge in [0, 0.05) is 17.6 Å². The van der Waals surface area contributed by atoms with E-state index in [2.05, 4.69) is 25.4 Å². The molecule has 0 spiro atoms. The van der Waals surface area contributed by atoms with Crippen molar-refractivity contribution in [2.24, 2.45) is 0 Å². The van der Waals surface area contributed by atoms with Crippen molar-refractivity contribution in [3.8, 4) is 11.5 Å². The molecule has 0 aliphatic rings. The van der Waals surface area contributed by atoms with Crippen LogP contribution in [0.1, 0.15) is 11.1 Å². The van der Waals surface area contributed by atoms with E-state index in [9.17, 15) is 16.8 Å². The number of nitrogen functional groups attached to an aromatic ring is 2. The van der Waals surface area contributed by atoms with E-state index in [1.54, 1.807) is 93.1 Å². The second kappa shape index (κ2) is 14.3. The van der Waals surface area contributed by atoms with Gasteiger partial charge >= 0.3 is 0 Å². The molecule has 41 heavy (non-hydrogen) atoms. The van der Waals surface area contributed by atoms with Crippen molar-refractivity contribution in [3.63, 3.8) is 0 Å². The molecule has 0 saturated carbocycles. The first-order valence-corrected chi connectivity index (χ1v) is 15.9. The van der Waals surface area contributed by atoms with Crippen LogP contribution in [0.2, 0.25) is 0 Å². The van der Waals surface area contributed by atoms with Crippen molar-refractivity contribution >= 4 is 47.4 Å². The smallest absolute Gasteiger partial charge is 0.242 e. The average Bonchev–Trinajstić information content (AvgIpc) is 2.97.